The summed E-state index contributed by atoms with van der Waals surface area (Å²) >= 11 is 0. The third-order valence-corrected chi connectivity index (χ3v) is 7.96. The van der Waals surface area contributed by atoms with E-state index < -0.39 is 114 Å². The molecule has 53 heavy (non-hydrogen) atoms. The first-order valence-corrected chi connectivity index (χ1v) is 16.9. The van der Waals surface area contributed by atoms with E-state index in [1.165, 1.54) is 0 Å². The van der Waals surface area contributed by atoms with Gasteiger partial charge in [-0.05, 0) is 37.5 Å². The summed E-state index contributed by atoms with van der Waals surface area (Å²) in [5, 5.41) is 30.8. The van der Waals surface area contributed by atoms with Crippen molar-refractivity contribution in [2.24, 2.45) is 45.5 Å². The van der Waals surface area contributed by atoms with E-state index in [9.17, 15) is 53.4 Å². The molecule has 0 fully saturated rings. The lowest BCUT2D eigenvalue weighted by Crippen LogP contribution is -2.61. The predicted octanol–water partition coefficient (Wildman–Crippen LogP) is -4.42. The molecule has 0 saturated heterocycles. The topological polar surface area (TPSA) is 397 Å². The van der Waals surface area contributed by atoms with E-state index in [0.29, 0.717) is 6.42 Å². The van der Waals surface area contributed by atoms with Gasteiger partial charge in [0.2, 0.25) is 41.4 Å². The van der Waals surface area contributed by atoms with Crippen molar-refractivity contribution in [1.82, 2.24) is 26.6 Å². The second-order valence-corrected chi connectivity index (χ2v) is 12.8. The lowest BCUT2D eigenvalue weighted by atomic mass is 9.95. The van der Waals surface area contributed by atoms with Crippen LogP contribution in [-0.4, -0.2) is 112 Å². The van der Waals surface area contributed by atoms with Crippen LogP contribution in [0.1, 0.15) is 79.1 Å². The molecule has 0 spiro atoms. The average Bonchev–Trinajstić information content (AvgIpc) is 3.06. The molecule has 0 aromatic rings. The molecule has 22 nitrogen and oxygen atoms in total. The molecule has 17 N–H and O–H groups in total. The third-order valence-electron chi connectivity index (χ3n) is 7.96. The van der Waals surface area contributed by atoms with Crippen molar-refractivity contribution in [1.29, 1.82) is 0 Å². The summed E-state index contributed by atoms with van der Waals surface area (Å²) in [6.45, 7) is 6.56. The monoisotopic (exact) mass is 757 g/mol. The molecular formula is C31H55N11O11. The molecular weight excluding hydrogens is 702 g/mol. The molecule has 0 aromatic carbocycles. The molecule has 7 atom stereocenters. The summed E-state index contributed by atoms with van der Waals surface area (Å²) < 4.78 is 0. The number of rotatable bonds is 26. The van der Waals surface area contributed by atoms with Crippen molar-refractivity contribution >= 4 is 59.2 Å². The Labute approximate surface area is 306 Å². The molecule has 22 heteroatoms. The number of aliphatic imine (C=N–C) groups is 1. The van der Waals surface area contributed by atoms with Crippen molar-refractivity contribution in [3.8, 4) is 0 Å². The highest BCUT2D eigenvalue weighted by Crippen LogP contribution is 2.13. The van der Waals surface area contributed by atoms with Crippen LogP contribution in [0.15, 0.2) is 4.99 Å². The second kappa shape index (κ2) is 23.8. The molecule has 0 aliphatic rings. The maximum Gasteiger partial charge on any atom is 0.326 e. The van der Waals surface area contributed by atoms with Crippen LogP contribution in [0.3, 0.4) is 0 Å². The van der Waals surface area contributed by atoms with E-state index in [1.807, 2.05) is 0 Å². The third kappa shape index (κ3) is 19.0. The summed E-state index contributed by atoms with van der Waals surface area (Å²) in [7, 11) is 0. The van der Waals surface area contributed by atoms with Crippen LogP contribution in [-0.2, 0) is 43.2 Å². The fourth-order valence-electron chi connectivity index (χ4n) is 4.69. The van der Waals surface area contributed by atoms with Crippen molar-refractivity contribution in [3.05, 3.63) is 0 Å². The predicted molar refractivity (Wildman–Crippen MR) is 189 cm³/mol. The summed E-state index contributed by atoms with van der Waals surface area (Å²) in [5.74, 6) is -10.4. The number of nitrogens with two attached hydrogens (primary N) is 5. The Morgan fingerprint density at radius 2 is 1.13 bits per heavy atom. The number of carbonyl (C=O) groups excluding carboxylic acids is 7. The van der Waals surface area contributed by atoms with Crippen LogP contribution in [0.25, 0.3) is 0 Å². The van der Waals surface area contributed by atoms with Gasteiger partial charge in [-0.3, -0.25) is 43.3 Å². The summed E-state index contributed by atoms with van der Waals surface area (Å²) in [6, 6.07) is -8.42. The lowest BCUT2D eigenvalue weighted by Gasteiger charge is -2.30. The first kappa shape index (κ1) is 47.5. The number of hydrogen-bond donors (Lipinski definition) is 12. The number of carbonyl (C=O) groups is 9. The number of hydrogen-bond acceptors (Lipinski definition) is 11. The Kier molecular flexibility index (Phi) is 21.3. The molecule has 0 saturated carbocycles. The maximum absolute atomic E-state index is 13.7. The van der Waals surface area contributed by atoms with E-state index in [-0.39, 0.29) is 44.6 Å². The summed E-state index contributed by atoms with van der Waals surface area (Å²) in [4.78, 5) is 116. The molecule has 300 valence electrons. The lowest BCUT2D eigenvalue weighted by molar-refractivity contribution is -0.144. The number of carboxylic acids is 2. The minimum absolute atomic E-state index is 0.0418. The quantitative estimate of drug-likeness (QED) is 0.0225. The van der Waals surface area contributed by atoms with Crippen LogP contribution in [0.5, 0.6) is 0 Å². The summed E-state index contributed by atoms with van der Waals surface area (Å²) in [6.07, 6.45) is -1.63. The minimum Gasteiger partial charge on any atom is -0.481 e. The van der Waals surface area contributed by atoms with E-state index in [1.54, 1.807) is 27.7 Å². The molecule has 0 aliphatic carbocycles. The average molecular weight is 758 g/mol. The fourth-order valence-corrected chi connectivity index (χ4v) is 4.69. The van der Waals surface area contributed by atoms with Gasteiger partial charge in [0.1, 0.15) is 30.2 Å². The van der Waals surface area contributed by atoms with Crippen molar-refractivity contribution in [3.63, 3.8) is 0 Å². The molecule has 0 unspecified atom stereocenters. The first-order valence-electron chi connectivity index (χ1n) is 16.9. The first-order chi connectivity index (χ1) is 24.6. The van der Waals surface area contributed by atoms with E-state index >= 15 is 0 Å². The number of nitrogens with one attached hydrogen (secondary N) is 5. The Balaban J connectivity index is 6.24. The highest BCUT2D eigenvalue weighted by atomic mass is 16.4. The molecule has 0 aliphatic heterocycles. The smallest absolute Gasteiger partial charge is 0.326 e. The zero-order chi connectivity index (χ0) is 41.0. The van der Waals surface area contributed by atoms with Gasteiger partial charge in [0.15, 0.2) is 5.96 Å². The van der Waals surface area contributed by atoms with Crippen LogP contribution in [0.4, 0.5) is 0 Å². The Hall–Kier alpha value is -5.54. The van der Waals surface area contributed by atoms with Crippen LogP contribution in [0, 0.1) is 11.8 Å². The summed E-state index contributed by atoms with van der Waals surface area (Å²) in [5.41, 5.74) is 26.7. The molecule has 0 heterocycles. The number of primary amides is 2. The molecule has 0 bridgehead atoms. The number of carboxylic acid groups (broad SMARTS) is 2. The van der Waals surface area contributed by atoms with E-state index in [4.69, 9.17) is 28.7 Å². The number of amides is 7. The number of guanidine groups is 1. The molecule has 0 aromatic heterocycles. The van der Waals surface area contributed by atoms with Crippen LogP contribution >= 0.6 is 0 Å². The maximum atomic E-state index is 13.7. The largest absolute Gasteiger partial charge is 0.481 e. The highest BCUT2D eigenvalue weighted by molar-refractivity contribution is 5.97. The van der Waals surface area contributed by atoms with Crippen molar-refractivity contribution in [2.45, 2.75) is 115 Å². The highest BCUT2D eigenvalue weighted by Gasteiger charge is 2.35. The van der Waals surface area contributed by atoms with E-state index in [2.05, 4.69) is 31.6 Å². The number of aliphatic carboxylic acids is 2. The van der Waals surface area contributed by atoms with Gasteiger partial charge in [0.25, 0.3) is 0 Å². The van der Waals surface area contributed by atoms with Gasteiger partial charge in [0.05, 0.1) is 12.5 Å². The van der Waals surface area contributed by atoms with Crippen LogP contribution in [0.2, 0.25) is 0 Å². The Morgan fingerprint density at radius 3 is 1.62 bits per heavy atom. The van der Waals surface area contributed by atoms with Gasteiger partial charge in [-0.15, -0.1) is 0 Å². The van der Waals surface area contributed by atoms with Gasteiger partial charge in [-0.1, -0.05) is 34.1 Å². The van der Waals surface area contributed by atoms with Gasteiger partial charge in [-0.25, -0.2) is 4.79 Å². The Bertz CT molecular complexity index is 1350. The van der Waals surface area contributed by atoms with Crippen molar-refractivity contribution in [2.75, 3.05) is 6.54 Å². The molecule has 0 radical (unpaired) electrons. The zero-order valence-electron chi connectivity index (χ0n) is 30.4. The number of nitrogens with zero attached hydrogens (tertiary/aromatic N) is 1. The molecule has 7 amide bonds. The Morgan fingerprint density at radius 1 is 0.623 bits per heavy atom. The standard InChI is InChI=1S/C31H55N11O11/c1-5-15(4)24(29(51)39-17(7-6-12-37-31(35)36)26(48)40-19(30(52)53)13-21(34)44)42-28(50)23(14(2)3)41-27(49)18(9-11-22(45)46)38-25(47)16(32)8-10-20(33)43/h14-19,23-24H,5-13,32H2,1-4H3,(H2,33,43)(H2,34,44)(H,38,47)(H,39,51)(H,40,48)(H,41,49)(H,42,50)(H,45,46)(H,52,53)(H4,35,36,37)/t15-,16-,17-,18-,19-,23-,24-/m0/s1. The SMILES string of the molecule is CC[C@H](C)[C@H](NC(=O)[C@@H](NC(=O)[C@H](CCC(=O)O)NC(=O)[C@@H](N)CCC(N)=O)C(C)C)C(=O)N[C@@H](CCCN=C(N)N)C(=O)N[C@@H](CC(N)=O)C(=O)O. The minimum atomic E-state index is -1.70. The second-order valence-electron chi connectivity index (χ2n) is 12.8. The molecule has 0 rings (SSSR count). The van der Waals surface area contributed by atoms with Gasteiger partial charge in [-0.2, -0.15) is 0 Å². The van der Waals surface area contributed by atoms with Crippen LogP contribution < -0.4 is 55.3 Å². The van der Waals surface area contributed by atoms with Gasteiger partial charge in [0, 0.05) is 19.4 Å². The van der Waals surface area contributed by atoms with Gasteiger partial charge < -0.3 is 65.5 Å². The van der Waals surface area contributed by atoms with Gasteiger partial charge >= 0.3 is 11.9 Å². The van der Waals surface area contributed by atoms with Crippen molar-refractivity contribution < 1.29 is 53.4 Å². The van der Waals surface area contributed by atoms with E-state index in [0.717, 1.165) is 0 Å². The fraction of sp³-hybridized carbons (Fsp3) is 0.677. The zero-order valence-corrected chi connectivity index (χ0v) is 30.4. The normalized spacial score (nSPS) is 14.8.